The Kier molecular flexibility index (Phi) is 16.3. The highest BCUT2D eigenvalue weighted by Gasteiger charge is 2.30. The van der Waals surface area contributed by atoms with Crippen LogP contribution in [0.25, 0.3) is 0 Å². The average molecular weight is 399 g/mol. The number of hydrogen-bond donors (Lipinski definition) is 1. The van der Waals surface area contributed by atoms with Gasteiger partial charge in [-0.05, 0) is 77.8 Å². The van der Waals surface area contributed by atoms with Crippen molar-refractivity contribution in [1.82, 2.24) is 20.0 Å². The van der Waals surface area contributed by atoms with Crippen molar-refractivity contribution in [3.63, 3.8) is 0 Å². The third-order valence-corrected chi connectivity index (χ3v) is 5.74. The van der Waals surface area contributed by atoms with Crippen molar-refractivity contribution in [2.75, 3.05) is 66.5 Å². The largest absolute Gasteiger partial charge is 0.342 e. The van der Waals surface area contributed by atoms with E-state index in [0.29, 0.717) is 19.0 Å². The maximum Gasteiger partial charge on any atom is 0.236 e. The Bertz CT molecular complexity index is 390. The van der Waals surface area contributed by atoms with E-state index in [1.54, 1.807) is 0 Å². The van der Waals surface area contributed by atoms with Gasteiger partial charge < -0.3 is 19.9 Å². The molecule has 28 heavy (non-hydrogen) atoms. The highest BCUT2D eigenvalue weighted by atomic mass is 16.2. The lowest BCUT2D eigenvalue weighted by atomic mass is 9.79. The molecule has 166 valence electrons. The van der Waals surface area contributed by atoms with Gasteiger partial charge in [-0.25, -0.2) is 0 Å². The van der Waals surface area contributed by atoms with Gasteiger partial charge in [-0.2, -0.15) is 0 Å². The monoisotopic (exact) mass is 398 g/mol. The van der Waals surface area contributed by atoms with Gasteiger partial charge in [0.25, 0.3) is 0 Å². The van der Waals surface area contributed by atoms with Crippen LogP contribution < -0.4 is 5.32 Å². The average Bonchev–Trinajstić information content (AvgIpc) is 2.74. The van der Waals surface area contributed by atoms with Crippen molar-refractivity contribution in [3.8, 4) is 0 Å². The Hall–Kier alpha value is -0.980. The minimum atomic E-state index is 0.316. The van der Waals surface area contributed by atoms with E-state index in [4.69, 9.17) is 0 Å². The molecular weight excluding hydrogens is 352 g/mol. The number of nitrogens with zero attached hydrogens (tertiary/aromatic N) is 3. The van der Waals surface area contributed by atoms with Crippen LogP contribution in [0.3, 0.4) is 0 Å². The summed E-state index contributed by atoms with van der Waals surface area (Å²) in [5, 5.41) is 2.83. The molecule has 1 amide bonds. The summed E-state index contributed by atoms with van der Waals surface area (Å²) >= 11 is 0. The van der Waals surface area contributed by atoms with E-state index in [2.05, 4.69) is 34.0 Å². The molecule has 2 aliphatic rings. The molecule has 0 atom stereocenters. The first-order valence-electron chi connectivity index (χ1n) is 11.3. The molecule has 0 aromatic heterocycles. The molecule has 0 aromatic carbocycles. The predicted octanol–water partition coefficient (Wildman–Crippen LogP) is 2.34. The molecule has 2 fully saturated rings. The van der Waals surface area contributed by atoms with Crippen LogP contribution >= 0.6 is 0 Å². The zero-order valence-electron chi connectivity index (χ0n) is 19.4. The van der Waals surface area contributed by atoms with Gasteiger partial charge in [0.2, 0.25) is 5.91 Å². The van der Waals surface area contributed by atoms with Crippen LogP contribution in [-0.4, -0.2) is 93.3 Å². The molecule has 0 aliphatic carbocycles. The van der Waals surface area contributed by atoms with Crippen molar-refractivity contribution in [2.45, 2.75) is 53.4 Å². The van der Waals surface area contributed by atoms with Crippen LogP contribution in [0.5, 0.6) is 0 Å². The second-order valence-electron chi connectivity index (χ2n) is 7.66. The van der Waals surface area contributed by atoms with Gasteiger partial charge >= 0.3 is 0 Å². The van der Waals surface area contributed by atoms with Crippen LogP contribution in [0.1, 0.15) is 53.4 Å². The molecule has 0 unspecified atom stereocenters. The standard InChI is InChI=1S/C16H31N3O.C4H9NO.C2H6/c1-4-17(2)13-16(20)19-11-7-15(8-12-19)14-5-9-18(3)10-6-14;1-2-5-3-4-6;1-2/h14-15H,4-13H2,1-3H3;4-5H,2-3H2,1H3;1-2H3. The number of aldehydes is 1. The number of nitrogens with one attached hydrogen (secondary N) is 1. The van der Waals surface area contributed by atoms with Crippen LogP contribution in [0.4, 0.5) is 0 Å². The van der Waals surface area contributed by atoms with Crippen molar-refractivity contribution in [1.29, 1.82) is 0 Å². The van der Waals surface area contributed by atoms with Gasteiger partial charge in [0, 0.05) is 13.1 Å². The molecule has 2 heterocycles. The summed E-state index contributed by atoms with van der Waals surface area (Å²) in [5.41, 5.74) is 0. The van der Waals surface area contributed by atoms with Gasteiger partial charge in [0.1, 0.15) is 6.29 Å². The van der Waals surface area contributed by atoms with Crippen molar-refractivity contribution in [3.05, 3.63) is 0 Å². The fraction of sp³-hybridized carbons (Fsp3) is 0.909. The first kappa shape index (κ1) is 27.0. The van der Waals surface area contributed by atoms with Gasteiger partial charge in [-0.15, -0.1) is 0 Å². The highest BCUT2D eigenvalue weighted by Crippen LogP contribution is 2.32. The Labute approximate surface area is 174 Å². The maximum absolute atomic E-state index is 12.2. The van der Waals surface area contributed by atoms with Crippen LogP contribution in [0.15, 0.2) is 0 Å². The Morgan fingerprint density at radius 1 is 1.04 bits per heavy atom. The SMILES string of the molecule is CC.CCN(C)CC(=O)N1CCC(C2CCN(C)CC2)CC1.CCNCC=O. The Balaban J connectivity index is 0.000000780. The number of carbonyl (C=O) groups excluding carboxylic acids is 2. The van der Waals surface area contributed by atoms with Gasteiger partial charge in [0.15, 0.2) is 0 Å². The van der Waals surface area contributed by atoms with Crippen LogP contribution in [0, 0.1) is 11.8 Å². The number of hydrogen-bond acceptors (Lipinski definition) is 5. The smallest absolute Gasteiger partial charge is 0.236 e. The summed E-state index contributed by atoms with van der Waals surface area (Å²) in [6, 6.07) is 0. The van der Waals surface area contributed by atoms with E-state index < -0.39 is 0 Å². The summed E-state index contributed by atoms with van der Waals surface area (Å²) in [5.74, 6) is 2.08. The molecule has 2 rings (SSSR count). The lowest BCUT2D eigenvalue weighted by molar-refractivity contribution is -0.133. The molecule has 0 bridgehead atoms. The van der Waals surface area contributed by atoms with E-state index in [1.165, 1.54) is 38.8 Å². The second-order valence-corrected chi connectivity index (χ2v) is 7.66. The summed E-state index contributed by atoms with van der Waals surface area (Å²) in [7, 11) is 4.24. The summed E-state index contributed by atoms with van der Waals surface area (Å²) in [6.07, 6.45) is 6.00. The number of likely N-dealkylation sites (N-methyl/N-ethyl adjacent to an activating group) is 2. The fourth-order valence-corrected chi connectivity index (χ4v) is 3.77. The Morgan fingerprint density at radius 2 is 1.54 bits per heavy atom. The van der Waals surface area contributed by atoms with E-state index in [0.717, 1.165) is 44.3 Å². The highest BCUT2D eigenvalue weighted by molar-refractivity contribution is 5.78. The minimum Gasteiger partial charge on any atom is -0.342 e. The third kappa shape index (κ3) is 11.1. The zero-order chi connectivity index (χ0) is 21.4. The van der Waals surface area contributed by atoms with E-state index in [1.807, 2.05) is 27.8 Å². The van der Waals surface area contributed by atoms with Crippen LogP contribution in [-0.2, 0) is 9.59 Å². The van der Waals surface area contributed by atoms with Crippen molar-refractivity contribution in [2.24, 2.45) is 11.8 Å². The van der Waals surface area contributed by atoms with E-state index in [-0.39, 0.29) is 0 Å². The number of piperidine rings is 2. The molecule has 2 saturated heterocycles. The number of rotatable bonds is 7. The molecule has 1 N–H and O–H groups in total. The van der Waals surface area contributed by atoms with Crippen molar-refractivity contribution < 1.29 is 9.59 Å². The third-order valence-electron chi connectivity index (χ3n) is 5.74. The summed E-state index contributed by atoms with van der Waals surface area (Å²) < 4.78 is 0. The van der Waals surface area contributed by atoms with Crippen LogP contribution in [0.2, 0.25) is 0 Å². The molecule has 0 spiro atoms. The molecule has 0 saturated carbocycles. The fourth-order valence-electron chi connectivity index (χ4n) is 3.77. The molecule has 6 heteroatoms. The zero-order valence-corrected chi connectivity index (χ0v) is 19.4. The number of carbonyl (C=O) groups is 2. The normalized spacial score (nSPS) is 18.8. The summed E-state index contributed by atoms with van der Waals surface area (Å²) in [4.78, 5) is 28.3. The molecule has 0 radical (unpaired) electrons. The molecular formula is C22H46N4O2. The quantitative estimate of drug-likeness (QED) is 0.527. The van der Waals surface area contributed by atoms with Gasteiger partial charge in [-0.1, -0.05) is 27.7 Å². The first-order chi connectivity index (χ1) is 13.5. The van der Waals surface area contributed by atoms with E-state index >= 15 is 0 Å². The van der Waals surface area contributed by atoms with E-state index in [9.17, 15) is 9.59 Å². The minimum absolute atomic E-state index is 0.316. The van der Waals surface area contributed by atoms with Crippen molar-refractivity contribution >= 4 is 12.2 Å². The lowest BCUT2D eigenvalue weighted by Gasteiger charge is -2.39. The first-order valence-corrected chi connectivity index (χ1v) is 11.3. The molecule has 2 aliphatic heterocycles. The number of likely N-dealkylation sites (tertiary alicyclic amines) is 2. The molecule has 6 nitrogen and oxygen atoms in total. The lowest BCUT2D eigenvalue weighted by Crippen LogP contribution is -2.45. The summed E-state index contributed by atoms with van der Waals surface area (Å²) in [6.45, 7) is 15.4. The predicted molar refractivity (Wildman–Crippen MR) is 119 cm³/mol. The maximum atomic E-state index is 12.2. The molecule has 0 aromatic rings. The topological polar surface area (TPSA) is 55.9 Å². The number of amides is 1. The Morgan fingerprint density at radius 3 is 1.93 bits per heavy atom. The van der Waals surface area contributed by atoms with Gasteiger partial charge in [-0.3, -0.25) is 9.69 Å². The second kappa shape index (κ2) is 16.9. The van der Waals surface area contributed by atoms with Gasteiger partial charge in [0.05, 0.1) is 13.1 Å².